The van der Waals surface area contributed by atoms with E-state index < -0.39 is 26.7 Å². The first-order valence-corrected chi connectivity index (χ1v) is 8.83. The van der Waals surface area contributed by atoms with Crippen LogP contribution < -0.4 is 4.74 Å². The van der Waals surface area contributed by atoms with Gasteiger partial charge >= 0.3 is 6.18 Å². The molecule has 4 nitrogen and oxygen atoms in total. The molecule has 0 saturated carbocycles. The second kappa shape index (κ2) is 7.33. The van der Waals surface area contributed by atoms with Gasteiger partial charge in [0.1, 0.15) is 10.7 Å². The topological polar surface area (TPSA) is 60.4 Å². The number of hydrogen-bond donors (Lipinski definition) is 0. The number of rotatable bonds is 5. The smallest absolute Gasteiger partial charge is 0.455 e. The van der Waals surface area contributed by atoms with Crippen LogP contribution in [0, 0.1) is 6.92 Å². The Morgan fingerprint density at radius 1 is 1.00 bits per heavy atom. The maximum atomic E-state index is 13.0. The van der Waals surface area contributed by atoms with E-state index >= 15 is 0 Å². The molecule has 0 fully saturated rings. The van der Waals surface area contributed by atoms with E-state index in [0.717, 1.165) is 17.7 Å². The summed E-state index contributed by atoms with van der Waals surface area (Å²) in [7, 11) is -3.25. The second-order valence-electron chi connectivity index (χ2n) is 5.43. The number of carbonyl (C=O) groups is 1. The van der Waals surface area contributed by atoms with Gasteiger partial charge in [-0.2, -0.15) is 13.2 Å². The van der Waals surface area contributed by atoms with E-state index in [9.17, 15) is 26.4 Å². The van der Waals surface area contributed by atoms with Crippen LogP contribution in [0.2, 0.25) is 0 Å². The maximum Gasteiger partial charge on any atom is 0.455 e. The molecule has 0 aliphatic rings. The van der Waals surface area contributed by atoms with Crippen LogP contribution in [0.4, 0.5) is 13.2 Å². The highest BCUT2D eigenvalue weighted by Crippen LogP contribution is 2.30. The van der Waals surface area contributed by atoms with Gasteiger partial charge in [0.05, 0.1) is 12.0 Å². The molecule has 8 heteroatoms. The molecule has 138 valence electrons. The van der Waals surface area contributed by atoms with E-state index in [1.165, 1.54) is 43.5 Å². The number of halogens is 3. The van der Waals surface area contributed by atoms with E-state index in [0.29, 0.717) is 11.8 Å². The van der Waals surface area contributed by atoms with Gasteiger partial charge in [-0.15, -0.1) is 0 Å². The lowest BCUT2D eigenvalue weighted by Gasteiger charge is -2.11. The first-order valence-electron chi connectivity index (χ1n) is 7.35. The Labute approximate surface area is 148 Å². The summed E-state index contributed by atoms with van der Waals surface area (Å²) in [5.41, 5.74) is 0.848. The minimum absolute atomic E-state index is 0.120. The Morgan fingerprint density at radius 2 is 1.54 bits per heavy atom. The molecule has 0 unspecified atom stereocenters. The number of allylic oxidation sites excluding steroid dienone is 1. The van der Waals surface area contributed by atoms with Crippen molar-refractivity contribution in [3.05, 3.63) is 64.6 Å². The Balaban J connectivity index is 2.61. The molecule has 2 aromatic carbocycles. The van der Waals surface area contributed by atoms with Gasteiger partial charge in [0.15, 0.2) is 0 Å². The SMILES string of the molecule is COc1ccc(/C=C(\C(=O)C(F)(F)F)S(=O)(=O)c2ccc(C)cc2)cc1. The molecular formula is C18H15F3O4S. The van der Waals surface area contributed by atoms with Crippen molar-refractivity contribution in [1.82, 2.24) is 0 Å². The predicted octanol–water partition coefficient (Wildman–Crippen LogP) is 3.95. The molecular weight excluding hydrogens is 369 g/mol. The van der Waals surface area contributed by atoms with Crippen LogP contribution in [-0.2, 0) is 14.6 Å². The first kappa shape index (κ1) is 19.7. The van der Waals surface area contributed by atoms with Crippen molar-refractivity contribution < 1.29 is 31.1 Å². The molecule has 0 amide bonds. The highest BCUT2D eigenvalue weighted by molar-refractivity contribution is 7.96. The van der Waals surface area contributed by atoms with Crippen LogP contribution >= 0.6 is 0 Å². The van der Waals surface area contributed by atoms with Crippen molar-refractivity contribution in [3.8, 4) is 5.75 Å². The van der Waals surface area contributed by atoms with Gasteiger partial charge in [0.2, 0.25) is 9.84 Å². The zero-order valence-corrected chi connectivity index (χ0v) is 14.7. The third-order valence-electron chi connectivity index (χ3n) is 3.52. The van der Waals surface area contributed by atoms with Crippen molar-refractivity contribution in [2.75, 3.05) is 7.11 Å². The van der Waals surface area contributed by atoms with Crippen molar-refractivity contribution in [3.63, 3.8) is 0 Å². The summed E-state index contributed by atoms with van der Waals surface area (Å²) in [4.78, 5) is 10.1. The van der Waals surface area contributed by atoms with Crippen LogP contribution in [0.15, 0.2) is 58.3 Å². The third kappa shape index (κ3) is 4.32. The minimum atomic E-state index is -5.32. The first-order chi connectivity index (χ1) is 12.1. The van der Waals surface area contributed by atoms with Gasteiger partial charge < -0.3 is 4.74 Å². The van der Waals surface area contributed by atoms with Crippen molar-refractivity contribution in [2.24, 2.45) is 0 Å². The summed E-state index contributed by atoms with van der Waals surface area (Å²) in [5.74, 6) is -1.99. The van der Waals surface area contributed by atoms with Gasteiger partial charge in [-0.25, -0.2) is 8.42 Å². The maximum absolute atomic E-state index is 13.0. The Morgan fingerprint density at radius 3 is 2.00 bits per heavy atom. The lowest BCUT2D eigenvalue weighted by Crippen LogP contribution is -2.28. The third-order valence-corrected chi connectivity index (χ3v) is 5.29. The predicted molar refractivity (Wildman–Crippen MR) is 90.4 cm³/mol. The number of methoxy groups -OCH3 is 1. The van der Waals surface area contributed by atoms with E-state index in [-0.39, 0.29) is 10.5 Å². The fraction of sp³-hybridized carbons (Fsp3) is 0.167. The highest BCUT2D eigenvalue weighted by atomic mass is 32.2. The van der Waals surface area contributed by atoms with Crippen LogP contribution in [0.5, 0.6) is 5.75 Å². The molecule has 0 radical (unpaired) electrons. The summed E-state index contributed by atoms with van der Waals surface area (Å²) in [5, 5.41) is 0. The number of aryl methyl sites for hydroxylation is 1. The lowest BCUT2D eigenvalue weighted by atomic mass is 10.2. The number of benzene rings is 2. The highest BCUT2D eigenvalue weighted by Gasteiger charge is 2.45. The van der Waals surface area contributed by atoms with E-state index in [2.05, 4.69) is 0 Å². The fourth-order valence-corrected chi connectivity index (χ4v) is 3.50. The van der Waals surface area contributed by atoms with Crippen LogP contribution in [-0.4, -0.2) is 27.5 Å². The monoisotopic (exact) mass is 384 g/mol. The zero-order chi connectivity index (χ0) is 19.5. The Hall–Kier alpha value is -2.61. The second-order valence-corrected chi connectivity index (χ2v) is 7.34. The molecule has 0 aliphatic heterocycles. The molecule has 2 rings (SSSR count). The standard InChI is InChI=1S/C18H15F3O4S/c1-12-3-9-15(10-4-12)26(23,24)16(17(22)18(19,20)21)11-13-5-7-14(25-2)8-6-13/h3-11H,1-2H3/b16-11+. The number of hydrogen-bond acceptors (Lipinski definition) is 4. The number of ketones is 1. The number of sulfone groups is 1. The molecule has 26 heavy (non-hydrogen) atoms. The van der Waals surface area contributed by atoms with Crippen molar-refractivity contribution in [2.45, 2.75) is 18.0 Å². The number of carbonyl (C=O) groups excluding carboxylic acids is 1. The average Bonchev–Trinajstić information content (AvgIpc) is 2.59. The van der Waals surface area contributed by atoms with Crippen molar-refractivity contribution >= 4 is 21.7 Å². The van der Waals surface area contributed by atoms with E-state index in [1.807, 2.05) is 0 Å². The Bertz CT molecular complexity index is 926. The quantitative estimate of drug-likeness (QED) is 0.733. The average molecular weight is 384 g/mol. The van der Waals surface area contributed by atoms with Gasteiger partial charge in [0, 0.05) is 0 Å². The van der Waals surface area contributed by atoms with E-state index in [4.69, 9.17) is 4.74 Å². The minimum Gasteiger partial charge on any atom is -0.497 e. The van der Waals surface area contributed by atoms with Gasteiger partial charge in [-0.05, 0) is 42.8 Å². The van der Waals surface area contributed by atoms with Crippen LogP contribution in [0.1, 0.15) is 11.1 Å². The lowest BCUT2D eigenvalue weighted by molar-refractivity contribution is -0.165. The van der Waals surface area contributed by atoms with Crippen LogP contribution in [0.3, 0.4) is 0 Å². The molecule has 0 spiro atoms. The summed E-state index contributed by atoms with van der Waals surface area (Å²) >= 11 is 0. The molecule has 0 atom stereocenters. The summed E-state index contributed by atoms with van der Waals surface area (Å²) in [6.45, 7) is 1.70. The summed E-state index contributed by atoms with van der Waals surface area (Å²) in [6, 6.07) is 10.8. The molecule has 0 bridgehead atoms. The Kier molecular flexibility index (Phi) is 5.56. The number of ether oxygens (including phenoxy) is 1. The summed E-state index contributed by atoms with van der Waals surface area (Å²) < 4.78 is 69.1. The van der Waals surface area contributed by atoms with Crippen LogP contribution in [0.25, 0.3) is 6.08 Å². The van der Waals surface area contributed by atoms with Gasteiger partial charge in [-0.1, -0.05) is 29.8 Å². The number of alkyl halides is 3. The molecule has 0 aliphatic carbocycles. The molecule has 0 N–H and O–H groups in total. The fourth-order valence-electron chi connectivity index (χ4n) is 2.10. The van der Waals surface area contributed by atoms with Crippen molar-refractivity contribution in [1.29, 1.82) is 0 Å². The van der Waals surface area contributed by atoms with Gasteiger partial charge in [-0.3, -0.25) is 4.79 Å². The zero-order valence-electron chi connectivity index (χ0n) is 13.9. The molecule has 2 aromatic rings. The van der Waals surface area contributed by atoms with Gasteiger partial charge in [0.25, 0.3) is 5.78 Å². The van der Waals surface area contributed by atoms with E-state index in [1.54, 1.807) is 6.92 Å². The molecule has 0 saturated heterocycles. The normalized spacial score (nSPS) is 12.7. The summed E-state index contributed by atoms with van der Waals surface area (Å²) in [6.07, 6.45) is -4.61. The largest absolute Gasteiger partial charge is 0.497 e. The number of Topliss-reactive ketones (excluding diaryl/α,β-unsaturated/α-hetero) is 1. The molecule has 0 aromatic heterocycles. The molecule has 0 heterocycles.